The van der Waals surface area contributed by atoms with Gasteiger partial charge in [-0.1, -0.05) is 35.1 Å². The Labute approximate surface area is 199 Å². The molecule has 4 rings (SSSR count). The fourth-order valence-electron chi connectivity index (χ4n) is 3.62. The molecule has 3 aromatic rings. The van der Waals surface area contributed by atoms with Crippen molar-refractivity contribution >= 4 is 49.9 Å². The Hall–Kier alpha value is -2.79. The van der Waals surface area contributed by atoms with Gasteiger partial charge in [-0.2, -0.15) is 0 Å². The Balaban J connectivity index is 1.61. The van der Waals surface area contributed by atoms with E-state index in [1.54, 1.807) is 36.3 Å². The summed E-state index contributed by atoms with van der Waals surface area (Å²) in [5, 5.41) is 12.0. The molecule has 1 saturated heterocycles. The van der Waals surface area contributed by atoms with Crippen LogP contribution in [0.1, 0.15) is 5.56 Å². The molecule has 0 atom stereocenters. The van der Waals surface area contributed by atoms with Crippen molar-refractivity contribution < 1.29 is 19.2 Å². The van der Waals surface area contributed by atoms with E-state index in [2.05, 4.69) is 4.90 Å². The summed E-state index contributed by atoms with van der Waals surface area (Å²) in [7, 11) is 1.57. The Kier molecular flexibility index (Phi) is 7.39. The molecule has 0 saturated carbocycles. The van der Waals surface area contributed by atoms with Crippen LogP contribution in [0.25, 0.3) is 10.2 Å². The number of hydrogen-bond donors (Lipinski definition) is 0. The van der Waals surface area contributed by atoms with Crippen LogP contribution in [0.5, 0.6) is 5.75 Å². The molecule has 1 aliphatic heterocycles. The van der Waals surface area contributed by atoms with Crippen LogP contribution in [0, 0.1) is 10.1 Å². The van der Waals surface area contributed by atoms with E-state index in [-0.39, 0.29) is 18.0 Å². The van der Waals surface area contributed by atoms with E-state index in [0.29, 0.717) is 53.3 Å². The molecule has 0 aliphatic carbocycles. The molecule has 2 aromatic carbocycles. The molecule has 2 heterocycles. The zero-order chi connectivity index (χ0) is 23.4. The van der Waals surface area contributed by atoms with Gasteiger partial charge in [0.1, 0.15) is 11.3 Å². The molecule has 9 nitrogen and oxygen atoms in total. The van der Waals surface area contributed by atoms with Crippen molar-refractivity contribution in [2.24, 2.45) is 0 Å². The van der Waals surface area contributed by atoms with Crippen LogP contribution in [-0.2, 0) is 16.0 Å². The molecule has 1 aromatic heterocycles. The van der Waals surface area contributed by atoms with Crippen molar-refractivity contribution in [3.05, 3.63) is 57.1 Å². The first-order valence-electron chi connectivity index (χ1n) is 10.4. The average Bonchev–Trinajstić information content (AvgIpc) is 3.26. The van der Waals surface area contributed by atoms with E-state index in [0.717, 1.165) is 17.8 Å². The quantitative estimate of drug-likeness (QED) is 0.350. The van der Waals surface area contributed by atoms with Crippen LogP contribution in [-0.4, -0.2) is 67.2 Å². The van der Waals surface area contributed by atoms with E-state index in [9.17, 15) is 14.9 Å². The van der Waals surface area contributed by atoms with Crippen LogP contribution in [0.3, 0.4) is 0 Å². The number of thiazole rings is 1. The Bertz CT molecular complexity index is 1150. The minimum absolute atomic E-state index is 0.0108. The summed E-state index contributed by atoms with van der Waals surface area (Å²) < 4.78 is 11.6. The van der Waals surface area contributed by atoms with Gasteiger partial charge >= 0.3 is 0 Å². The number of morpholine rings is 1. The molecular formula is C22H23ClN4O5S. The monoisotopic (exact) mass is 490 g/mol. The summed E-state index contributed by atoms with van der Waals surface area (Å²) in [5.74, 6) is 0.444. The average molecular weight is 491 g/mol. The number of anilines is 1. The van der Waals surface area contributed by atoms with Crippen molar-refractivity contribution in [2.75, 3.05) is 51.4 Å². The SMILES string of the molecule is COc1ccc(Cl)c2sc(N(CCN3CCOCC3)C(=O)Cc3ccc([N+](=O)[O-])cc3)nc12. The van der Waals surface area contributed by atoms with Gasteiger partial charge in [-0.05, 0) is 17.7 Å². The minimum Gasteiger partial charge on any atom is -0.494 e. The highest BCUT2D eigenvalue weighted by Gasteiger charge is 2.23. The second-order valence-electron chi connectivity index (χ2n) is 7.52. The van der Waals surface area contributed by atoms with Crippen LogP contribution in [0.4, 0.5) is 10.8 Å². The fourth-order valence-corrected chi connectivity index (χ4v) is 4.92. The van der Waals surface area contributed by atoms with Gasteiger partial charge in [0.15, 0.2) is 5.13 Å². The summed E-state index contributed by atoms with van der Waals surface area (Å²) in [6.07, 6.45) is 0.0991. The van der Waals surface area contributed by atoms with Crippen LogP contribution >= 0.6 is 22.9 Å². The number of ether oxygens (including phenoxy) is 2. The topological polar surface area (TPSA) is 98.0 Å². The Morgan fingerprint density at radius 3 is 2.67 bits per heavy atom. The van der Waals surface area contributed by atoms with E-state index in [1.165, 1.54) is 23.5 Å². The number of hydrogen-bond acceptors (Lipinski definition) is 8. The molecule has 0 radical (unpaired) electrons. The van der Waals surface area contributed by atoms with Crippen LogP contribution in [0.15, 0.2) is 36.4 Å². The third-order valence-corrected chi connectivity index (χ3v) is 6.98. The number of fused-ring (bicyclic) bond motifs is 1. The molecule has 0 unspecified atom stereocenters. The van der Waals surface area contributed by atoms with E-state index >= 15 is 0 Å². The van der Waals surface area contributed by atoms with Gasteiger partial charge < -0.3 is 9.47 Å². The lowest BCUT2D eigenvalue weighted by Gasteiger charge is -2.29. The normalized spacial score (nSPS) is 14.4. The van der Waals surface area contributed by atoms with Gasteiger partial charge in [-0.15, -0.1) is 0 Å². The highest BCUT2D eigenvalue weighted by molar-refractivity contribution is 7.23. The maximum Gasteiger partial charge on any atom is 0.269 e. The lowest BCUT2D eigenvalue weighted by atomic mass is 10.1. The van der Waals surface area contributed by atoms with E-state index in [1.807, 2.05) is 0 Å². The summed E-state index contributed by atoms with van der Waals surface area (Å²) >= 11 is 7.73. The van der Waals surface area contributed by atoms with E-state index < -0.39 is 4.92 Å². The van der Waals surface area contributed by atoms with Gasteiger partial charge in [-0.25, -0.2) is 4.98 Å². The lowest BCUT2D eigenvalue weighted by Crippen LogP contribution is -2.43. The van der Waals surface area contributed by atoms with Crippen LogP contribution in [0.2, 0.25) is 5.02 Å². The molecular weight excluding hydrogens is 468 g/mol. The summed E-state index contributed by atoms with van der Waals surface area (Å²) in [4.78, 5) is 32.4. The highest BCUT2D eigenvalue weighted by Crippen LogP contribution is 2.38. The maximum absolute atomic E-state index is 13.4. The van der Waals surface area contributed by atoms with Gasteiger partial charge in [0.25, 0.3) is 5.69 Å². The predicted molar refractivity (Wildman–Crippen MR) is 128 cm³/mol. The standard InChI is InChI=1S/C22H23ClN4O5S/c1-31-18-7-6-17(23)21-20(18)24-22(33-21)26(9-8-25-10-12-32-13-11-25)19(28)14-15-2-4-16(5-3-15)27(29)30/h2-7H,8-14H2,1H3. The number of halogens is 1. The van der Waals surface area contributed by atoms with Gasteiger partial charge in [0, 0.05) is 38.3 Å². The van der Waals surface area contributed by atoms with E-state index in [4.69, 9.17) is 26.1 Å². The fraction of sp³-hybridized carbons (Fsp3) is 0.364. The molecule has 33 heavy (non-hydrogen) atoms. The number of nitro benzene ring substituents is 1. The number of aromatic nitrogens is 1. The number of carbonyl (C=O) groups excluding carboxylic acids is 1. The first-order chi connectivity index (χ1) is 16.0. The van der Waals surface area contributed by atoms with Crippen molar-refractivity contribution in [2.45, 2.75) is 6.42 Å². The molecule has 1 amide bonds. The first kappa shape index (κ1) is 23.4. The predicted octanol–water partition coefficient (Wildman–Crippen LogP) is 3.77. The maximum atomic E-state index is 13.4. The molecule has 174 valence electrons. The van der Waals surface area contributed by atoms with Crippen molar-refractivity contribution in [1.29, 1.82) is 0 Å². The van der Waals surface area contributed by atoms with Crippen LogP contribution < -0.4 is 9.64 Å². The summed E-state index contributed by atoms with van der Waals surface area (Å²) in [5.41, 5.74) is 1.30. The molecule has 11 heteroatoms. The minimum atomic E-state index is -0.460. The second kappa shape index (κ2) is 10.4. The van der Waals surface area contributed by atoms with Crippen molar-refractivity contribution in [3.63, 3.8) is 0 Å². The number of carbonyl (C=O) groups is 1. The third kappa shape index (κ3) is 5.41. The summed E-state index contributed by atoms with van der Waals surface area (Å²) in [6, 6.07) is 9.53. The number of rotatable bonds is 8. The first-order valence-corrected chi connectivity index (χ1v) is 11.6. The summed E-state index contributed by atoms with van der Waals surface area (Å²) in [6.45, 7) is 4.09. The molecule has 0 spiro atoms. The Morgan fingerprint density at radius 2 is 2.00 bits per heavy atom. The highest BCUT2D eigenvalue weighted by atomic mass is 35.5. The largest absolute Gasteiger partial charge is 0.494 e. The number of benzene rings is 2. The zero-order valence-corrected chi connectivity index (χ0v) is 19.6. The smallest absolute Gasteiger partial charge is 0.269 e. The van der Waals surface area contributed by atoms with Gasteiger partial charge in [0.05, 0.1) is 41.4 Å². The molecule has 0 bridgehead atoms. The second-order valence-corrected chi connectivity index (χ2v) is 8.91. The number of methoxy groups -OCH3 is 1. The van der Waals surface area contributed by atoms with Crippen molar-refractivity contribution in [1.82, 2.24) is 9.88 Å². The van der Waals surface area contributed by atoms with Gasteiger partial charge in [-0.3, -0.25) is 24.7 Å². The lowest BCUT2D eigenvalue weighted by molar-refractivity contribution is -0.384. The number of amides is 1. The number of nitro groups is 1. The van der Waals surface area contributed by atoms with Crippen molar-refractivity contribution in [3.8, 4) is 5.75 Å². The zero-order valence-electron chi connectivity index (χ0n) is 18.0. The van der Waals surface area contributed by atoms with Gasteiger partial charge in [0.2, 0.25) is 5.91 Å². The number of non-ortho nitro benzene ring substituents is 1. The molecule has 1 fully saturated rings. The molecule has 1 aliphatic rings. The molecule has 0 N–H and O–H groups in total. The Morgan fingerprint density at radius 1 is 1.27 bits per heavy atom. The number of nitrogens with zero attached hydrogens (tertiary/aromatic N) is 4. The third-order valence-electron chi connectivity index (χ3n) is 5.45.